The van der Waals surface area contributed by atoms with Gasteiger partial charge in [0.05, 0.1) is 0 Å². The minimum atomic E-state index is -1.38. The van der Waals surface area contributed by atoms with Crippen molar-refractivity contribution in [1.82, 2.24) is 0 Å². The zero-order chi connectivity index (χ0) is 69.0. The summed E-state index contributed by atoms with van der Waals surface area (Å²) < 4.78 is 0. The average molecular weight is 973 g/mol. The highest BCUT2D eigenvalue weighted by Crippen LogP contribution is 2.26. The van der Waals surface area contributed by atoms with E-state index in [0.717, 1.165) is 0 Å². The molecule has 0 aromatic carbocycles. The second-order valence-corrected chi connectivity index (χ2v) is 22.5. The first-order valence-electron chi connectivity index (χ1n) is 29.7. The SMILES string of the molecule is [B][B]B([B])B(B([B][B])[B][B])B(B(B([B][B])B([B][B])[B][B])B(B([B][B])B([B][B])[B][B])B([B][B])B([B][B])[B][B])B(B(B([B][B])B([B][B])[B][B])B(B([B][B])B([B][B])[B][B])B([B][B])B([B][B])[B][B])B(B([B][B])B([B][B])[B][B])B(B([B][B])B([B][B])[B][B])B([B][B])B([B][B])[B][B]. The van der Waals surface area contributed by atoms with E-state index in [1.807, 2.05) is 0 Å². The third-order valence-electron chi connectivity index (χ3n) is 19.1. The largest absolute Gasteiger partial charge is 0 e. The zero-order valence-electron chi connectivity index (χ0n) is 52.0. The molecule has 0 saturated heterocycles. The van der Waals surface area contributed by atoms with Gasteiger partial charge in [0.1, 0.15) is 0 Å². The van der Waals surface area contributed by atoms with Crippen molar-refractivity contribution in [2.75, 3.05) is 0 Å². The van der Waals surface area contributed by atoms with E-state index >= 15 is 0 Å². The number of hydrogen-bond acceptors (Lipinski definition) is 0. The molecule has 90 heavy (non-hydrogen) atoms. The Hall–Kier alpha value is 5.84. The zero-order valence-corrected chi connectivity index (χ0v) is 52.0. The van der Waals surface area contributed by atoms with Gasteiger partial charge in [0.25, 0.3) is 0 Å². The third-order valence-corrected chi connectivity index (χ3v) is 19.1. The predicted octanol–water partition coefficient (Wildman–Crippen LogP) is -34.3. The fourth-order valence-electron chi connectivity index (χ4n) is 14.9. The maximum atomic E-state index is 7.72. The molecule has 0 bridgehead atoms. The van der Waals surface area contributed by atoms with Crippen LogP contribution in [0, 0.1) is 0 Å². The van der Waals surface area contributed by atoms with Gasteiger partial charge in [-0.15, -0.1) is 0 Å². The molecule has 92 radical (unpaired) electrons. The van der Waals surface area contributed by atoms with E-state index in [0.29, 0.717) is 0 Å². The van der Waals surface area contributed by atoms with Crippen LogP contribution in [0.2, 0.25) is 0 Å². The monoisotopic (exact) mass is 991 g/mol. The van der Waals surface area contributed by atoms with Crippen molar-refractivity contribution in [3.8, 4) is 0 Å². The molecule has 0 aliphatic heterocycles. The molecule has 0 atom stereocenters. The van der Waals surface area contributed by atoms with Gasteiger partial charge < -0.3 is 0 Å². The van der Waals surface area contributed by atoms with Crippen molar-refractivity contribution in [1.29, 1.82) is 0 Å². The third kappa shape index (κ3) is 25.6. The van der Waals surface area contributed by atoms with Crippen LogP contribution >= 0.6 is 0 Å². The van der Waals surface area contributed by atoms with E-state index < -0.39 is 185 Å². The van der Waals surface area contributed by atoms with Gasteiger partial charge in [-0.25, -0.2) is 0 Å². The summed E-state index contributed by atoms with van der Waals surface area (Å²) >= 11 is 0. The normalized spacial score (nSPS) is 9.16. The lowest BCUT2D eigenvalue weighted by Crippen LogP contribution is -2.98. The molecule has 0 N–H and O–H groups in total. The van der Waals surface area contributed by atoms with Crippen LogP contribution < -0.4 is 0 Å². The maximum Gasteiger partial charge on any atom is 0 e. The van der Waals surface area contributed by atoms with Crippen molar-refractivity contribution >= 4 is 637 Å². The van der Waals surface area contributed by atoms with Gasteiger partial charge in [0.2, 0.25) is 0 Å². The van der Waals surface area contributed by atoms with Crippen molar-refractivity contribution in [2.45, 2.75) is 0 Å². The summed E-state index contributed by atoms with van der Waals surface area (Å²) in [5, 5.41) is 0. The quantitative estimate of drug-likeness (QED) is 0.0533. The highest BCUT2D eigenvalue weighted by atomic mass is 13.5. The van der Waals surface area contributed by atoms with Gasteiger partial charge in [-0.3, -0.25) is 0 Å². The Morgan fingerprint density at radius 2 is 0.233 bits per heavy atom. The molecule has 0 aromatic rings. The first-order chi connectivity index (χ1) is 43.4. The molecular formula is B90. The molecule has 0 heterocycles. The summed E-state index contributed by atoms with van der Waals surface area (Å²) in [6, 6.07) is 0. The molecule has 0 aliphatic rings. The Morgan fingerprint density at radius 1 is 0.111 bits per heavy atom. The second-order valence-electron chi connectivity index (χ2n) is 22.5. The molecule has 270 valence electrons. The van der Waals surface area contributed by atoms with Gasteiger partial charge in [-0.2, -0.15) is 0 Å². The van der Waals surface area contributed by atoms with Crippen LogP contribution in [0.5, 0.6) is 0 Å². The summed E-state index contributed by atoms with van der Waals surface area (Å²) in [7, 11) is 255. The summed E-state index contributed by atoms with van der Waals surface area (Å²) in [5.74, 6) is 0. The van der Waals surface area contributed by atoms with Crippen LogP contribution in [0.15, 0.2) is 0 Å². The molecular weight excluding hydrogens is 973 g/mol. The fourth-order valence-corrected chi connectivity index (χ4v) is 14.9. The summed E-state index contributed by atoms with van der Waals surface area (Å²) in [6.07, 6.45) is -32.0. The fraction of sp³-hybridized carbons (Fsp3) is 0. The van der Waals surface area contributed by atoms with Gasteiger partial charge in [-0.1, -0.05) is 0 Å². The highest BCUT2D eigenvalue weighted by molar-refractivity contribution is 8.40. The smallest absolute Gasteiger partial charge is 0 e. The number of hydrogen-bond donors (Lipinski definition) is 0. The van der Waals surface area contributed by atoms with Crippen LogP contribution in [0.3, 0.4) is 0 Å². The van der Waals surface area contributed by atoms with Gasteiger partial charge >= 0.3 is 0 Å². The Balaban J connectivity index is 13.0. The second kappa shape index (κ2) is 55.3. The molecule has 0 unspecified atom stereocenters. The van der Waals surface area contributed by atoms with E-state index in [-0.39, 0.29) is 0 Å². The van der Waals surface area contributed by atoms with Crippen molar-refractivity contribution < 1.29 is 0 Å². The summed E-state index contributed by atoms with van der Waals surface area (Å²) in [6.45, 7) is 0. The van der Waals surface area contributed by atoms with Crippen LogP contribution in [0.4, 0.5) is 0 Å². The molecule has 0 nitrogen and oxygen atoms in total. The first kappa shape index (κ1) is 95.8. The van der Waals surface area contributed by atoms with Crippen molar-refractivity contribution in [3.63, 3.8) is 0 Å². The van der Waals surface area contributed by atoms with Gasteiger partial charge in [0, 0.05) is 637 Å². The molecule has 90 heteroatoms. The van der Waals surface area contributed by atoms with E-state index in [1.54, 1.807) is 0 Å². The van der Waals surface area contributed by atoms with Gasteiger partial charge in [-0.05, 0) is 0 Å². The lowest BCUT2D eigenvalue weighted by molar-refractivity contribution is 3.16. The molecule has 0 aliphatic carbocycles. The topological polar surface area (TPSA) is 0 Å². The van der Waals surface area contributed by atoms with E-state index in [9.17, 15) is 0 Å². The van der Waals surface area contributed by atoms with Crippen LogP contribution in [-0.4, -0.2) is 637 Å². The van der Waals surface area contributed by atoms with Crippen LogP contribution in [-0.2, 0) is 0 Å². The van der Waals surface area contributed by atoms with E-state index in [4.69, 9.17) is 240 Å². The highest BCUT2D eigenvalue weighted by Gasteiger charge is 2.64. The minimum Gasteiger partial charge on any atom is 0 e. The van der Waals surface area contributed by atoms with E-state index in [2.05, 4.69) is 0 Å². The lowest BCUT2D eigenvalue weighted by atomic mass is 8.21. The van der Waals surface area contributed by atoms with Crippen molar-refractivity contribution in [3.05, 3.63) is 0 Å². The van der Waals surface area contributed by atoms with Gasteiger partial charge in [0.15, 0.2) is 0 Å². The number of rotatable bonds is 58. The molecule has 0 aromatic heterocycles. The average Bonchev–Trinajstić information content (AvgIpc) is 0.732. The standard InChI is InChI=1S/B90/c1-32-62(31)82(72(51-20)52-21)89(86(79(59-28)69(45-14)46-15)83(73(53-22)63(33-2)34-3)74(54-23)64(35-4)36-5)90(87(80(60-29)70(47-16)48-17)84(75(55-24)65(37-6)38-7)76(56-25)66(39-8)40-9)88(81(61-30)71(49-18)50-19)85(77(57-26)67(41-10)42-11)78(58-27)68(43-12)44-13. The lowest BCUT2D eigenvalue weighted by Gasteiger charge is -2.60. The predicted molar refractivity (Wildman–Crippen MR) is 518 cm³/mol. The Bertz CT molecular complexity index is 1440. The maximum absolute atomic E-state index is 7.72. The van der Waals surface area contributed by atoms with Crippen molar-refractivity contribution in [2.24, 2.45) is 0 Å². The van der Waals surface area contributed by atoms with E-state index in [1.165, 1.54) is 212 Å². The first-order valence-corrected chi connectivity index (χ1v) is 29.7. The Kier molecular flexibility index (Phi) is 58.9. The summed E-state index contributed by atoms with van der Waals surface area (Å²) in [5.41, 5.74) is 0. The minimum absolute atomic E-state index is 0.927. The molecule has 0 fully saturated rings. The Morgan fingerprint density at radius 3 is 0.344 bits per heavy atom. The Labute approximate surface area is 630 Å². The summed E-state index contributed by atoms with van der Waals surface area (Å²) in [4.78, 5) is 0. The molecule has 0 spiro atoms. The molecule has 0 rings (SSSR count). The van der Waals surface area contributed by atoms with Crippen LogP contribution in [0.25, 0.3) is 0 Å². The molecule has 0 saturated carbocycles. The molecule has 0 amide bonds. The van der Waals surface area contributed by atoms with Crippen LogP contribution in [0.1, 0.15) is 0 Å².